The Hall–Kier alpha value is -2.80. The molecule has 7 nitrogen and oxygen atoms in total. The number of aromatic nitrogens is 4. The van der Waals surface area contributed by atoms with Crippen molar-refractivity contribution in [2.45, 2.75) is 6.54 Å². The van der Waals surface area contributed by atoms with Gasteiger partial charge in [-0.15, -0.1) is 0 Å². The van der Waals surface area contributed by atoms with Crippen LogP contribution >= 0.6 is 0 Å². The van der Waals surface area contributed by atoms with Crippen LogP contribution in [0, 0.1) is 0 Å². The fourth-order valence-corrected chi connectivity index (χ4v) is 3.20. The van der Waals surface area contributed by atoms with Crippen LogP contribution < -0.4 is 10.5 Å². The molecular formula is C18H20N6O. The zero-order chi connectivity index (χ0) is 17.2. The van der Waals surface area contributed by atoms with Crippen LogP contribution in [0.5, 0.6) is 0 Å². The van der Waals surface area contributed by atoms with Crippen molar-refractivity contribution in [1.29, 1.82) is 0 Å². The van der Waals surface area contributed by atoms with Crippen molar-refractivity contribution < 1.29 is 0 Å². The molecule has 1 aliphatic heterocycles. The minimum atomic E-state index is -0.00813. The Balaban J connectivity index is 1.46. The summed E-state index contributed by atoms with van der Waals surface area (Å²) in [6, 6.07) is 7.87. The van der Waals surface area contributed by atoms with Crippen molar-refractivity contribution in [2.24, 2.45) is 7.05 Å². The van der Waals surface area contributed by atoms with Crippen molar-refractivity contribution >= 4 is 16.6 Å². The van der Waals surface area contributed by atoms with Crippen LogP contribution in [0.25, 0.3) is 10.9 Å². The topological polar surface area (TPSA) is 67.2 Å². The van der Waals surface area contributed by atoms with Gasteiger partial charge in [0, 0.05) is 51.7 Å². The van der Waals surface area contributed by atoms with Gasteiger partial charge in [0.25, 0.3) is 5.56 Å². The molecule has 1 aromatic carbocycles. The second kappa shape index (κ2) is 6.60. The van der Waals surface area contributed by atoms with Crippen LogP contribution in [0.15, 0.2) is 47.9 Å². The Morgan fingerprint density at radius 1 is 1.08 bits per heavy atom. The molecule has 0 aliphatic carbocycles. The third-order valence-corrected chi connectivity index (χ3v) is 4.67. The van der Waals surface area contributed by atoms with Crippen LogP contribution in [0.3, 0.4) is 0 Å². The van der Waals surface area contributed by atoms with Gasteiger partial charge in [-0.05, 0) is 24.3 Å². The van der Waals surface area contributed by atoms with Gasteiger partial charge in [0.15, 0.2) is 0 Å². The minimum Gasteiger partial charge on any atom is -0.369 e. The molecule has 0 atom stereocenters. The highest BCUT2D eigenvalue weighted by Crippen LogP contribution is 2.20. The summed E-state index contributed by atoms with van der Waals surface area (Å²) in [5.41, 5.74) is 2.92. The lowest BCUT2D eigenvalue weighted by molar-refractivity contribution is 0.247. The maximum Gasteiger partial charge on any atom is 0.260 e. The molecular weight excluding hydrogens is 316 g/mol. The summed E-state index contributed by atoms with van der Waals surface area (Å²) in [6.07, 6.45) is 4.96. The standard InChI is InChI=1S/C18H20N6O/c1-22-13-21-17-10-15(2-3-16(17)18(22)25)24-8-6-23(7-9-24)11-14-4-5-19-12-20-14/h2-5,10,12-13H,6-9,11H2,1H3. The molecule has 0 spiro atoms. The van der Waals surface area contributed by atoms with Crippen molar-refractivity contribution in [3.8, 4) is 0 Å². The van der Waals surface area contributed by atoms with Crippen LogP contribution in [0.1, 0.15) is 5.69 Å². The summed E-state index contributed by atoms with van der Waals surface area (Å²) >= 11 is 0. The summed E-state index contributed by atoms with van der Waals surface area (Å²) in [5.74, 6) is 0. The number of rotatable bonds is 3. The molecule has 0 N–H and O–H groups in total. The highest BCUT2D eigenvalue weighted by molar-refractivity contribution is 5.81. The second-order valence-corrected chi connectivity index (χ2v) is 6.33. The van der Waals surface area contributed by atoms with Gasteiger partial charge in [-0.2, -0.15) is 0 Å². The van der Waals surface area contributed by atoms with E-state index >= 15 is 0 Å². The van der Waals surface area contributed by atoms with E-state index in [2.05, 4.69) is 24.8 Å². The van der Waals surface area contributed by atoms with E-state index in [-0.39, 0.29) is 5.56 Å². The molecule has 128 valence electrons. The van der Waals surface area contributed by atoms with E-state index in [1.165, 1.54) is 4.57 Å². The fourth-order valence-electron chi connectivity index (χ4n) is 3.20. The van der Waals surface area contributed by atoms with Gasteiger partial charge in [-0.3, -0.25) is 9.69 Å². The average Bonchev–Trinajstić information content (AvgIpc) is 2.66. The third kappa shape index (κ3) is 3.23. The Morgan fingerprint density at radius 3 is 2.68 bits per heavy atom. The van der Waals surface area contributed by atoms with E-state index in [0.717, 1.165) is 49.6 Å². The normalized spacial score (nSPS) is 15.6. The molecule has 3 aromatic rings. The van der Waals surface area contributed by atoms with Gasteiger partial charge < -0.3 is 9.47 Å². The fraction of sp³-hybridized carbons (Fsp3) is 0.333. The number of fused-ring (bicyclic) bond motifs is 1. The van der Waals surface area contributed by atoms with Crippen molar-refractivity contribution in [3.63, 3.8) is 0 Å². The maximum absolute atomic E-state index is 12.1. The van der Waals surface area contributed by atoms with Gasteiger partial charge in [0.2, 0.25) is 0 Å². The summed E-state index contributed by atoms with van der Waals surface area (Å²) in [5, 5.41) is 0.663. The van der Waals surface area contributed by atoms with Crippen molar-refractivity contribution in [1.82, 2.24) is 24.4 Å². The molecule has 0 saturated carbocycles. The predicted octanol–water partition coefficient (Wildman–Crippen LogP) is 1.05. The second-order valence-electron chi connectivity index (χ2n) is 6.33. The lowest BCUT2D eigenvalue weighted by Crippen LogP contribution is -2.46. The van der Waals surface area contributed by atoms with Crippen LogP contribution in [-0.2, 0) is 13.6 Å². The lowest BCUT2D eigenvalue weighted by atomic mass is 10.2. The summed E-state index contributed by atoms with van der Waals surface area (Å²) in [4.78, 5) is 29.5. The molecule has 1 saturated heterocycles. The number of benzene rings is 1. The smallest absolute Gasteiger partial charge is 0.260 e. The predicted molar refractivity (Wildman–Crippen MR) is 96.5 cm³/mol. The monoisotopic (exact) mass is 336 g/mol. The van der Waals surface area contributed by atoms with E-state index < -0.39 is 0 Å². The Morgan fingerprint density at radius 2 is 1.92 bits per heavy atom. The van der Waals surface area contributed by atoms with E-state index in [9.17, 15) is 4.79 Å². The van der Waals surface area contributed by atoms with E-state index in [4.69, 9.17) is 0 Å². The maximum atomic E-state index is 12.1. The average molecular weight is 336 g/mol. The van der Waals surface area contributed by atoms with Crippen molar-refractivity contribution in [2.75, 3.05) is 31.1 Å². The number of nitrogens with zero attached hydrogens (tertiary/aromatic N) is 6. The van der Waals surface area contributed by atoms with Crippen LogP contribution in [-0.4, -0.2) is 50.6 Å². The highest BCUT2D eigenvalue weighted by Gasteiger charge is 2.18. The van der Waals surface area contributed by atoms with E-state index in [1.807, 2.05) is 24.3 Å². The number of aryl methyl sites for hydroxylation is 1. The van der Waals surface area contributed by atoms with Gasteiger partial charge in [0.1, 0.15) is 6.33 Å². The lowest BCUT2D eigenvalue weighted by Gasteiger charge is -2.36. The molecule has 7 heteroatoms. The molecule has 0 unspecified atom stereocenters. The van der Waals surface area contributed by atoms with Crippen LogP contribution in [0.4, 0.5) is 5.69 Å². The van der Waals surface area contributed by atoms with Gasteiger partial charge in [-0.1, -0.05) is 0 Å². The Labute approximate surface area is 145 Å². The third-order valence-electron chi connectivity index (χ3n) is 4.67. The molecule has 1 aliphatic rings. The highest BCUT2D eigenvalue weighted by atomic mass is 16.1. The molecule has 4 rings (SSSR count). The number of piperazine rings is 1. The SMILES string of the molecule is Cn1cnc2cc(N3CCN(Cc4ccncn4)CC3)ccc2c1=O. The zero-order valence-corrected chi connectivity index (χ0v) is 14.2. The first-order valence-corrected chi connectivity index (χ1v) is 8.38. The molecule has 2 aromatic heterocycles. The number of hydrogen-bond acceptors (Lipinski definition) is 6. The Bertz CT molecular complexity index is 931. The minimum absolute atomic E-state index is 0.00813. The van der Waals surface area contributed by atoms with Gasteiger partial charge in [-0.25, -0.2) is 15.0 Å². The van der Waals surface area contributed by atoms with Gasteiger partial charge >= 0.3 is 0 Å². The molecule has 25 heavy (non-hydrogen) atoms. The summed E-state index contributed by atoms with van der Waals surface area (Å²) in [6.45, 7) is 4.70. The van der Waals surface area contributed by atoms with Gasteiger partial charge in [0.05, 0.1) is 22.9 Å². The molecule has 0 amide bonds. The van der Waals surface area contributed by atoms with E-state index in [1.54, 1.807) is 25.9 Å². The molecule has 0 radical (unpaired) electrons. The zero-order valence-electron chi connectivity index (χ0n) is 14.2. The molecule has 1 fully saturated rings. The summed E-state index contributed by atoms with van der Waals surface area (Å²) in [7, 11) is 1.72. The molecule has 0 bridgehead atoms. The first kappa shape index (κ1) is 15.7. The number of hydrogen-bond donors (Lipinski definition) is 0. The quantitative estimate of drug-likeness (QED) is 0.712. The molecule has 3 heterocycles. The van der Waals surface area contributed by atoms with E-state index in [0.29, 0.717) is 5.39 Å². The summed E-state index contributed by atoms with van der Waals surface area (Å²) < 4.78 is 1.51. The van der Waals surface area contributed by atoms with Crippen LogP contribution in [0.2, 0.25) is 0 Å². The first-order chi connectivity index (χ1) is 12.2. The largest absolute Gasteiger partial charge is 0.369 e. The Kier molecular flexibility index (Phi) is 4.15. The van der Waals surface area contributed by atoms with Crippen molar-refractivity contribution in [3.05, 3.63) is 59.2 Å². The number of anilines is 1. The first-order valence-electron chi connectivity index (χ1n) is 8.38.